The Kier molecular flexibility index (Phi) is 2.36. The molecule has 5 heteroatoms. The van der Waals surface area contributed by atoms with Gasteiger partial charge >= 0.3 is 5.97 Å². The van der Waals surface area contributed by atoms with Crippen LogP contribution >= 0.6 is 0 Å². The third-order valence-electron chi connectivity index (χ3n) is 2.48. The lowest BCUT2D eigenvalue weighted by atomic mass is 10.2. The smallest absolute Gasteiger partial charge is 0.335 e. The van der Waals surface area contributed by atoms with Crippen LogP contribution in [0.25, 0.3) is 11.0 Å². The number of rotatable bonds is 2. The first-order valence-electron chi connectivity index (χ1n) is 4.87. The minimum absolute atomic E-state index is 0.202. The van der Waals surface area contributed by atoms with Gasteiger partial charge in [0.2, 0.25) is 8.32 Å². The molecule has 1 aromatic carbocycles. The van der Waals surface area contributed by atoms with Crippen molar-refractivity contribution in [3.63, 3.8) is 0 Å². The first kappa shape index (κ1) is 10.9. The number of benzene rings is 1. The molecule has 0 saturated heterocycles. The summed E-state index contributed by atoms with van der Waals surface area (Å²) < 4.78 is 5.29. The molecular formula is C11H12O4Si. The molecule has 0 spiro atoms. The standard InChI is InChI=1S/C11H12O4Si/c1-16(2,14)10-6-15-9-4-3-7(11(12)13)5-8(9)10/h3-6,14H,1-2H3,(H,12,13). The summed E-state index contributed by atoms with van der Waals surface area (Å²) in [6.45, 7) is 3.54. The van der Waals surface area contributed by atoms with Gasteiger partial charge < -0.3 is 14.3 Å². The van der Waals surface area contributed by atoms with E-state index in [0.717, 1.165) is 5.19 Å². The summed E-state index contributed by atoms with van der Waals surface area (Å²) in [6.07, 6.45) is 1.52. The van der Waals surface area contributed by atoms with Crippen molar-refractivity contribution in [2.45, 2.75) is 13.1 Å². The topological polar surface area (TPSA) is 70.7 Å². The van der Waals surface area contributed by atoms with Crippen molar-refractivity contribution in [2.75, 3.05) is 0 Å². The number of hydrogen-bond acceptors (Lipinski definition) is 3. The van der Waals surface area contributed by atoms with Gasteiger partial charge in [0, 0.05) is 10.6 Å². The molecule has 16 heavy (non-hydrogen) atoms. The average molecular weight is 236 g/mol. The molecule has 84 valence electrons. The number of aromatic carboxylic acids is 1. The normalized spacial score (nSPS) is 11.9. The maximum atomic E-state index is 10.8. The van der Waals surface area contributed by atoms with Crippen LogP contribution in [0.4, 0.5) is 0 Å². The Morgan fingerprint density at radius 3 is 2.62 bits per heavy atom. The molecule has 0 amide bonds. The fraction of sp³-hybridized carbons (Fsp3) is 0.182. The van der Waals surface area contributed by atoms with E-state index in [2.05, 4.69) is 0 Å². The molecule has 1 heterocycles. The fourth-order valence-corrected chi connectivity index (χ4v) is 2.84. The van der Waals surface area contributed by atoms with E-state index in [-0.39, 0.29) is 5.56 Å². The molecule has 1 aromatic heterocycles. The molecule has 0 aliphatic rings. The number of carbonyl (C=O) groups is 1. The molecule has 4 nitrogen and oxygen atoms in total. The summed E-state index contributed by atoms with van der Waals surface area (Å²) in [5.41, 5.74) is 0.808. The minimum Gasteiger partial charge on any atom is -0.478 e. The molecule has 0 fully saturated rings. The third kappa shape index (κ3) is 1.75. The monoisotopic (exact) mass is 236 g/mol. The van der Waals surface area contributed by atoms with E-state index in [0.29, 0.717) is 11.0 Å². The van der Waals surface area contributed by atoms with Gasteiger partial charge in [-0.1, -0.05) is 0 Å². The van der Waals surface area contributed by atoms with Gasteiger partial charge in [0.1, 0.15) is 5.58 Å². The van der Waals surface area contributed by atoms with Crippen molar-refractivity contribution in [1.82, 2.24) is 0 Å². The Balaban J connectivity index is 2.70. The Morgan fingerprint density at radius 2 is 2.06 bits per heavy atom. The fourth-order valence-electron chi connectivity index (χ4n) is 1.64. The van der Waals surface area contributed by atoms with Gasteiger partial charge in [-0.15, -0.1) is 0 Å². The number of carboxylic acid groups (broad SMARTS) is 1. The maximum Gasteiger partial charge on any atom is 0.335 e. The first-order valence-corrected chi connectivity index (χ1v) is 7.82. The molecule has 0 saturated carbocycles. The molecule has 0 atom stereocenters. The largest absolute Gasteiger partial charge is 0.478 e. The SMILES string of the molecule is C[Si](C)(O)c1coc2ccc(C(=O)O)cc12. The summed E-state index contributed by atoms with van der Waals surface area (Å²) >= 11 is 0. The van der Waals surface area contributed by atoms with Gasteiger partial charge in [-0.05, 0) is 31.3 Å². The highest BCUT2D eigenvalue weighted by Gasteiger charge is 2.25. The second-order valence-electron chi connectivity index (χ2n) is 4.22. The molecule has 0 radical (unpaired) electrons. The number of fused-ring (bicyclic) bond motifs is 1. The summed E-state index contributed by atoms with van der Waals surface area (Å²) in [7, 11) is -2.49. The predicted molar refractivity (Wildman–Crippen MR) is 62.5 cm³/mol. The van der Waals surface area contributed by atoms with Crippen molar-refractivity contribution in [2.24, 2.45) is 0 Å². The number of hydrogen-bond donors (Lipinski definition) is 2. The molecule has 2 N–H and O–H groups in total. The van der Waals surface area contributed by atoms with Crippen LogP contribution in [0, 0.1) is 0 Å². The van der Waals surface area contributed by atoms with Crippen molar-refractivity contribution in [3.05, 3.63) is 30.0 Å². The Bertz CT molecular complexity index is 551. The third-order valence-corrected chi connectivity index (χ3v) is 4.18. The number of carboxylic acids is 1. The Labute approximate surface area is 93.3 Å². The van der Waals surface area contributed by atoms with Gasteiger partial charge in [0.15, 0.2) is 0 Å². The van der Waals surface area contributed by atoms with Gasteiger partial charge in [-0.3, -0.25) is 0 Å². The van der Waals surface area contributed by atoms with Crippen LogP contribution in [0.1, 0.15) is 10.4 Å². The molecular weight excluding hydrogens is 224 g/mol. The highest BCUT2D eigenvalue weighted by molar-refractivity contribution is 6.85. The highest BCUT2D eigenvalue weighted by Crippen LogP contribution is 2.18. The van der Waals surface area contributed by atoms with E-state index in [1.54, 1.807) is 25.2 Å². The summed E-state index contributed by atoms with van der Waals surface area (Å²) in [6, 6.07) is 4.65. The van der Waals surface area contributed by atoms with E-state index in [4.69, 9.17) is 9.52 Å². The number of furan rings is 1. The lowest BCUT2D eigenvalue weighted by Gasteiger charge is -2.11. The highest BCUT2D eigenvalue weighted by atomic mass is 28.4. The van der Waals surface area contributed by atoms with Crippen LogP contribution in [0.5, 0.6) is 0 Å². The molecule has 2 rings (SSSR count). The average Bonchev–Trinajstić information content (AvgIpc) is 2.58. The van der Waals surface area contributed by atoms with Crippen molar-refractivity contribution >= 4 is 30.4 Å². The van der Waals surface area contributed by atoms with Crippen molar-refractivity contribution in [3.8, 4) is 0 Å². The summed E-state index contributed by atoms with van der Waals surface area (Å²) in [5.74, 6) is -0.980. The zero-order valence-electron chi connectivity index (χ0n) is 9.02. The molecule has 0 unspecified atom stereocenters. The van der Waals surface area contributed by atoms with Crippen LogP contribution in [0.15, 0.2) is 28.9 Å². The van der Waals surface area contributed by atoms with Crippen molar-refractivity contribution in [1.29, 1.82) is 0 Å². The second kappa shape index (κ2) is 3.46. The van der Waals surface area contributed by atoms with E-state index >= 15 is 0 Å². The van der Waals surface area contributed by atoms with Gasteiger partial charge in [-0.2, -0.15) is 0 Å². The van der Waals surface area contributed by atoms with Crippen LogP contribution in [0.3, 0.4) is 0 Å². The minimum atomic E-state index is -2.49. The predicted octanol–water partition coefficient (Wildman–Crippen LogP) is 1.54. The van der Waals surface area contributed by atoms with Crippen LogP contribution in [-0.2, 0) is 0 Å². The van der Waals surface area contributed by atoms with Gasteiger partial charge in [-0.25, -0.2) is 4.79 Å². The molecule has 0 bridgehead atoms. The lowest BCUT2D eigenvalue weighted by Crippen LogP contribution is -2.40. The van der Waals surface area contributed by atoms with Crippen LogP contribution in [-0.4, -0.2) is 24.2 Å². The lowest BCUT2D eigenvalue weighted by molar-refractivity contribution is 0.0697. The quantitative estimate of drug-likeness (QED) is 0.776. The maximum absolute atomic E-state index is 10.8. The second-order valence-corrected chi connectivity index (χ2v) is 7.88. The van der Waals surface area contributed by atoms with E-state index < -0.39 is 14.3 Å². The summed E-state index contributed by atoms with van der Waals surface area (Å²) in [4.78, 5) is 20.9. The molecule has 0 aliphatic carbocycles. The molecule has 0 aliphatic heterocycles. The zero-order chi connectivity index (χ0) is 11.9. The van der Waals surface area contributed by atoms with E-state index in [9.17, 15) is 9.59 Å². The molecule has 2 aromatic rings. The Hall–Kier alpha value is -1.59. The van der Waals surface area contributed by atoms with Gasteiger partial charge in [0.05, 0.1) is 11.8 Å². The van der Waals surface area contributed by atoms with E-state index in [1.807, 2.05) is 0 Å². The van der Waals surface area contributed by atoms with E-state index in [1.165, 1.54) is 12.3 Å². The zero-order valence-corrected chi connectivity index (χ0v) is 10.0. The van der Waals surface area contributed by atoms with Crippen molar-refractivity contribution < 1.29 is 19.1 Å². The van der Waals surface area contributed by atoms with Crippen LogP contribution in [0.2, 0.25) is 13.1 Å². The first-order chi connectivity index (χ1) is 7.39. The van der Waals surface area contributed by atoms with Gasteiger partial charge in [0.25, 0.3) is 0 Å². The van der Waals surface area contributed by atoms with Crippen LogP contribution < -0.4 is 5.19 Å². The Morgan fingerprint density at radius 1 is 1.38 bits per heavy atom. The summed E-state index contributed by atoms with van der Waals surface area (Å²) in [5, 5.41) is 10.3.